The molecule has 0 amide bonds. The number of carboxylic acids is 1. The van der Waals surface area contributed by atoms with E-state index in [0.29, 0.717) is 12.2 Å². The lowest BCUT2D eigenvalue weighted by molar-refractivity contribution is -0.146. The third-order valence-electron chi connectivity index (χ3n) is 4.51. The van der Waals surface area contributed by atoms with Crippen LogP contribution in [0.4, 0.5) is 0 Å². The van der Waals surface area contributed by atoms with E-state index in [-0.39, 0.29) is 12.0 Å². The second-order valence-corrected chi connectivity index (χ2v) is 5.63. The summed E-state index contributed by atoms with van der Waals surface area (Å²) in [5.41, 5.74) is 0. The highest BCUT2D eigenvalue weighted by Crippen LogP contribution is 2.32. The van der Waals surface area contributed by atoms with Gasteiger partial charge in [-0.25, -0.2) is 0 Å². The zero-order valence-electron chi connectivity index (χ0n) is 11.1. The van der Waals surface area contributed by atoms with Crippen molar-refractivity contribution in [1.82, 2.24) is 4.90 Å². The Hall–Kier alpha value is -0.900. The van der Waals surface area contributed by atoms with E-state index in [1.54, 1.807) is 6.92 Å². The molecule has 1 aliphatic heterocycles. The predicted molar refractivity (Wildman–Crippen MR) is 68.4 cm³/mol. The molecular weight excluding hydrogens is 230 g/mol. The molecule has 2 aliphatic rings. The van der Waals surface area contributed by atoms with Crippen LogP contribution in [0.15, 0.2) is 0 Å². The van der Waals surface area contributed by atoms with Crippen molar-refractivity contribution in [3.63, 3.8) is 0 Å². The van der Waals surface area contributed by atoms with Crippen molar-refractivity contribution in [2.45, 2.75) is 64.0 Å². The summed E-state index contributed by atoms with van der Waals surface area (Å²) in [5.74, 6) is -0.332. The van der Waals surface area contributed by atoms with Crippen LogP contribution in [-0.4, -0.2) is 40.4 Å². The summed E-state index contributed by atoms with van der Waals surface area (Å²) in [5, 5.41) is 9.19. The number of hydrogen-bond donors (Lipinski definition) is 1. The van der Waals surface area contributed by atoms with Gasteiger partial charge in [-0.2, -0.15) is 0 Å². The monoisotopic (exact) mass is 253 g/mol. The minimum Gasteiger partial charge on any atom is -0.480 e. The highest BCUT2D eigenvalue weighted by Gasteiger charge is 2.38. The minimum atomic E-state index is -0.773. The number of hydrogen-bond acceptors (Lipinski definition) is 3. The molecule has 0 aromatic heterocycles. The van der Waals surface area contributed by atoms with Crippen LogP contribution in [0.1, 0.15) is 51.9 Å². The average Bonchev–Trinajstić information content (AvgIpc) is 2.38. The highest BCUT2D eigenvalue weighted by molar-refractivity contribution is 5.82. The van der Waals surface area contributed by atoms with Gasteiger partial charge in [-0.1, -0.05) is 12.8 Å². The van der Waals surface area contributed by atoms with E-state index >= 15 is 0 Å². The Morgan fingerprint density at radius 1 is 1.28 bits per heavy atom. The second kappa shape index (κ2) is 5.83. The first-order valence-electron chi connectivity index (χ1n) is 7.12. The maximum Gasteiger partial charge on any atom is 0.320 e. The lowest BCUT2D eigenvalue weighted by Gasteiger charge is -2.42. The summed E-state index contributed by atoms with van der Waals surface area (Å²) in [7, 11) is 0. The van der Waals surface area contributed by atoms with Crippen molar-refractivity contribution >= 4 is 11.8 Å². The highest BCUT2D eigenvalue weighted by atomic mass is 16.4. The Balaban J connectivity index is 2.11. The van der Waals surface area contributed by atoms with Crippen LogP contribution in [-0.2, 0) is 9.59 Å². The normalized spacial score (nSPS) is 32.2. The molecule has 3 unspecified atom stereocenters. The summed E-state index contributed by atoms with van der Waals surface area (Å²) in [4.78, 5) is 25.3. The summed E-state index contributed by atoms with van der Waals surface area (Å²) < 4.78 is 0. The molecule has 2 fully saturated rings. The third kappa shape index (κ3) is 2.74. The van der Waals surface area contributed by atoms with Gasteiger partial charge < -0.3 is 5.11 Å². The Bertz CT molecular complexity index is 329. The molecule has 1 saturated heterocycles. The number of likely N-dealkylation sites (tertiary alicyclic amines) is 1. The lowest BCUT2D eigenvalue weighted by atomic mass is 9.78. The number of nitrogens with zero attached hydrogens (tertiary/aromatic N) is 1. The van der Waals surface area contributed by atoms with Crippen molar-refractivity contribution in [3.8, 4) is 0 Å². The SMILES string of the molecule is CC(C(=O)O)N1CCCCC1C1CCCCC1=O. The van der Waals surface area contributed by atoms with Gasteiger partial charge in [0.25, 0.3) is 0 Å². The van der Waals surface area contributed by atoms with Gasteiger partial charge in [0.15, 0.2) is 0 Å². The van der Waals surface area contributed by atoms with E-state index in [9.17, 15) is 14.7 Å². The zero-order chi connectivity index (χ0) is 13.1. The molecule has 0 spiro atoms. The van der Waals surface area contributed by atoms with E-state index in [0.717, 1.165) is 45.1 Å². The van der Waals surface area contributed by atoms with Crippen molar-refractivity contribution in [1.29, 1.82) is 0 Å². The topological polar surface area (TPSA) is 57.6 Å². The smallest absolute Gasteiger partial charge is 0.320 e. The van der Waals surface area contributed by atoms with Crippen LogP contribution in [0, 0.1) is 5.92 Å². The summed E-state index contributed by atoms with van der Waals surface area (Å²) >= 11 is 0. The van der Waals surface area contributed by atoms with Crippen LogP contribution in [0.5, 0.6) is 0 Å². The van der Waals surface area contributed by atoms with Crippen LogP contribution >= 0.6 is 0 Å². The molecule has 2 rings (SSSR count). The fourth-order valence-corrected chi connectivity index (χ4v) is 3.45. The maximum atomic E-state index is 12.1. The molecule has 0 radical (unpaired) electrons. The standard InChI is InChI=1S/C14H23NO3/c1-10(14(17)18)15-9-5-4-7-12(15)11-6-2-3-8-13(11)16/h10-12H,2-9H2,1H3,(H,17,18). The van der Waals surface area contributed by atoms with Crippen molar-refractivity contribution < 1.29 is 14.7 Å². The number of ketones is 1. The van der Waals surface area contributed by atoms with Crippen LogP contribution in [0.3, 0.4) is 0 Å². The van der Waals surface area contributed by atoms with E-state index in [1.807, 2.05) is 0 Å². The first-order valence-corrected chi connectivity index (χ1v) is 7.12. The second-order valence-electron chi connectivity index (χ2n) is 5.63. The van der Waals surface area contributed by atoms with Gasteiger partial charge in [-0.3, -0.25) is 14.5 Å². The molecule has 1 saturated carbocycles. The number of carbonyl (C=O) groups excluding carboxylic acids is 1. The fraction of sp³-hybridized carbons (Fsp3) is 0.857. The first-order chi connectivity index (χ1) is 8.61. The number of Topliss-reactive ketones (excluding diaryl/α,β-unsaturated/α-hetero) is 1. The molecule has 4 heteroatoms. The molecule has 4 nitrogen and oxygen atoms in total. The van der Waals surface area contributed by atoms with Gasteiger partial charge in [0.05, 0.1) is 0 Å². The fourth-order valence-electron chi connectivity index (χ4n) is 3.45. The molecule has 18 heavy (non-hydrogen) atoms. The zero-order valence-corrected chi connectivity index (χ0v) is 11.1. The Morgan fingerprint density at radius 3 is 2.67 bits per heavy atom. The van der Waals surface area contributed by atoms with Crippen molar-refractivity contribution in [2.24, 2.45) is 5.92 Å². The van der Waals surface area contributed by atoms with Crippen LogP contribution in [0.25, 0.3) is 0 Å². The number of carboxylic acid groups (broad SMARTS) is 1. The van der Waals surface area contributed by atoms with E-state index in [1.165, 1.54) is 0 Å². The minimum absolute atomic E-state index is 0.0841. The third-order valence-corrected chi connectivity index (χ3v) is 4.51. The first kappa shape index (κ1) is 13.5. The molecule has 1 N–H and O–H groups in total. The lowest BCUT2D eigenvalue weighted by Crippen LogP contribution is -2.53. The summed E-state index contributed by atoms with van der Waals surface area (Å²) in [6.07, 6.45) is 6.92. The molecular formula is C14H23NO3. The maximum absolute atomic E-state index is 12.1. The Morgan fingerprint density at radius 2 is 2.00 bits per heavy atom. The largest absolute Gasteiger partial charge is 0.480 e. The van der Waals surface area contributed by atoms with Crippen LogP contribution in [0.2, 0.25) is 0 Å². The number of aliphatic carboxylic acids is 1. The van der Waals surface area contributed by atoms with Gasteiger partial charge in [0.1, 0.15) is 11.8 Å². The van der Waals surface area contributed by atoms with Gasteiger partial charge in [0, 0.05) is 18.4 Å². The van der Waals surface area contributed by atoms with Gasteiger partial charge in [-0.05, 0) is 39.2 Å². The molecule has 1 heterocycles. The Labute approximate surface area is 108 Å². The summed E-state index contributed by atoms with van der Waals surface area (Å²) in [6.45, 7) is 2.57. The average molecular weight is 253 g/mol. The Kier molecular flexibility index (Phi) is 4.38. The molecule has 102 valence electrons. The van der Waals surface area contributed by atoms with E-state index < -0.39 is 12.0 Å². The van der Waals surface area contributed by atoms with Crippen LogP contribution < -0.4 is 0 Å². The number of carbonyl (C=O) groups is 2. The van der Waals surface area contributed by atoms with E-state index in [2.05, 4.69) is 4.90 Å². The molecule has 0 aromatic carbocycles. The van der Waals surface area contributed by atoms with Gasteiger partial charge in [0.2, 0.25) is 0 Å². The van der Waals surface area contributed by atoms with Gasteiger partial charge in [-0.15, -0.1) is 0 Å². The number of piperidine rings is 1. The molecule has 0 bridgehead atoms. The van der Waals surface area contributed by atoms with Crippen molar-refractivity contribution in [3.05, 3.63) is 0 Å². The van der Waals surface area contributed by atoms with E-state index in [4.69, 9.17) is 0 Å². The van der Waals surface area contributed by atoms with Gasteiger partial charge >= 0.3 is 5.97 Å². The van der Waals surface area contributed by atoms with Crippen molar-refractivity contribution in [2.75, 3.05) is 6.54 Å². The quantitative estimate of drug-likeness (QED) is 0.836. The molecule has 0 aromatic rings. The molecule has 1 aliphatic carbocycles. The number of rotatable bonds is 3. The predicted octanol–water partition coefficient (Wildman–Crippen LogP) is 2.07. The summed E-state index contributed by atoms with van der Waals surface area (Å²) in [6, 6.07) is -0.303. The molecule has 3 atom stereocenters.